The van der Waals surface area contributed by atoms with Crippen LogP contribution in [-0.2, 0) is 16.1 Å². The summed E-state index contributed by atoms with van der Waals surface area (Å²) in [5.41, 5.74) is 3.90. The van der Waals surface area contributed by atoms with E-state index in [1.165, 1.54) is 5.56 Å². The summed E-state index contributed by atoms with van der Waals surface area (Å²) in [5, 5.41) is 4.19. The zero-order valence-electron chi connectivity index (χ0n) is 16.9. The molecule has 0 N–H and O–H groups in total. The summed E-state index contributed by atoms with van der Waals surface area (Å²) in [6, 6.07) is 18.1. The normalized spacial score (nSPS) is 21.5. The van der Waals surface area contributed by atoms with E-state index in [2.05, 4.69) is 22.3 Å². The minimum absolute atomic E-state index is 0.0225. The molecule has 5 rings (SSSR count). The molecule has 0 radical (unpaired) electrons. The van der Waals surface area contributed by atoms with Gasteiger partial charge in [0, 0.05) is 19.5 Å². The van der Waals surface area contributed by atoms with Crippen molar-refractivity contribution in [1.82, 2.24) is 9.88 Å². The molecule has 3 aromatic rings. The van der Waals surface area contributed by atoms with E-state index in [0.717, 1.165) is 54.9 Å². The number of piperidine rings is 1. The Balaban J connectivity index is 1.18. The van der Waals surface area contributed by atoms with Crippen LogP contribution >= 0.6 is 0 Å². The molecule has 2 aromatic carbocycles. The number of oxazole rings is 1. The first-order valence-corrected chi connectivity index (χ1v) is 10.7. The molecule has 2 atom stereocenters. The van der Waals surface area contributed by atoms with Crippen molar-refractivity contribution < 1.29 is 14.0 Å². The Morgan fingerprint density at radius 3 is 2.77 bits per heavy atom. The number of hydrogen-bond acceptors (Lipinski definition) is 5. The van der Waals surface area contributed by atoms with Crippen molar-refractivity contribution in [2.75, 3.05) is 13.1 Å². The molecule has 0 bridgehead atoms. The van der Waals surface area contributed by atoms with Crippen LogP contribution in [0.15, 0.2) is 64.2 Å². The number of aromatic nitrogens is 1. The molecule has 1 fully saturated rings. The number of nitrogens with zero attached hydrogens (tertiary/aromatic N) is 3. The molecular formula is C24H25N3O3. The number of para-hydroxylation sites is 2. The van der Waals surface area contributed by atoms with Gasteiger partial charge in [0.15, 0.2) is 11.5 Å². The lowest BCUT2D eigenvalue weighted by molar-refractivity contribution is -0.143. The van der Waals surface area contributed by atoms with Gasteiger partial charge in [-0.15, -0.1) is 0 Å². The fourth-order valence-electron chi connectivity index (χ4n) is 4.29. The Morgan fingerprint density at radius 1 is 1.07 bits per heavy atom. The highest BCUT2D eigenvalue weighted by atomic mass is 16.6. The van der Waals surface area contributed by atoms with Crippen LogP contribution in [-0.4, -0.2) is 40.7 Å². The summed E-state index contributed by atoms with van der Waals surface area (Å²) >= 11 is 0. The van der Waals surface area contributed by atoms with Crippen LogP contribution in [0.5, 0.6) is 0 Å². The molecule has 3 heterocycles. The second-order valence-corrected chi connectivity index (χ2v) is 8.08. The Kier molecular flexibility index (Phi) is 5.22. The third-order valence-electron chi connectivity index (χ3n) is 5.94. The van der Waals surface area contributed by atoms with Gasteiger partial charge in [-0.1, -0.05) is 47.6 Å². The number of oxime groups is 1. The van der Waals surface area contributed by atoms with Crippen LogP contribution in [0.3, 0.4) is 0 Å². The highest BCUT2D eigenvalue weighted by Crippen LogP contribution is 2.30. The SMILES string of the molecule is O=C([C@H]1CC(CCc2ccccc2)=NO1)N1CCC[C@@H](c2nc3ccccc3o2)C1. The fourth-order valence-corrected chi connectivity index (χ4v) is 4.29. The number of fused-ring (bicyclic) bond motifs is 1. The number of hydrogen-bond donors (Lipinski definition) is 0. The highest BCUT2D eigenvalue weighted by Gasteiger charge is 2.35. The first-order chi connectivity index (χ1) is 14.8. The number of benzene rings is 2. The maximum atomic E-state index is 13.0. The second-order valence-electron chi connectivity index (χ2n) is 8.08. The molecule has 1 saturated heterocycles. The highest BCUT2D eigenvalue weighted by molar-refractivity contribution is 5.93. The molecule has 6 heteroatoms. The van der Waals surface area contributed by atoms with Crippen molar-refractivity contribution in [3.63, 3.8) is 0 Å². The van der Waals surface area contributed by atoms with Crippen LogP contribution in [0.4, 0.5) is 0 Å². The zero-order chi connectivity index (χ0) is 20.3. The molecule has 0 aliphatic carbocycles. The average Bonchev–Trinajstić information content (AvgIpc) is 3.45. The first-order valence-electron chi connectivity index (χ1n) is 10.7. The van der Waals surface area contributed by atoms with Gasteiger partial charge >= 0.3 is 0 Å². The van der Waals surface area contributed by atoms with E-state index in [4.69, 9.17) is 9.25 Å². The summed E-state index contributed by atoms with van der Waals surface area (Å²) in [6.45, 7) is 1.36. The number of amides is 1. The van der Waals surface area contributed by atoms with Crippen molar-refractivity contribution in [1.29, 1.82) is 0 Å². The summed E-state index contributed by atoms with van der Waals surface area (Å²) in [6.07, 6.45) is 3.71. The van der Waals surface area contributed by atoms with E-state index >= 15 is 0 Å². The monoisotopic (exact) mass is 403 g/mol. The second kappa shape index (κ2) is 8.30. The quantitative estimate of drug-likeness (QED) is 0.637. The third kappa shape index (κ3) is 3.95. The maximum absolute atomic E-state index is 13.0. The summed E-state index contributed by atoms with van der Waals surface area (Å²) in [5.74, 6) is 0.866. The predicted octanol–water partition coefficient (Wildman–Crippen LogP) is 4.31. The average molecular weight is 403 g/mol. The minimum atomic E-state index is -0.502. The van der Waals surface area contributed by atoms with E-state index in [0.29, 0.717) is 13.0 Å². The molecule has 1 aromatic heterocycles. The third-order valence-corrected chi connectivity index (χ3v) is 5.94. The molecule has 0 unspecified atom stereocenters. The van der Waals surface area contributed by atoms with Gasteiger partial charge in [0.25, 0.3) is 5.91 Å². The van der Waals surface area contributed by atoms with Crippen molar-refractivity contribution in [2.45, 2.75) is 44.1 Å². The topological polar surface area (TPSA) is 67.9 Å². The smallest absolute Gasteiger partial charge is 0.266 e. The molecule has 30 heavy (non-hydrogen) atoms. The predicted molar refractivity (Wildman–Crippen MR) is 114 cm³/mol. The first kappa shape index (κ1) is 18.9. The van der Waals surface area contributed by atoms with E-state index in [1.807, 2.05) is 47.4 Å². The van der Waals surface area contributed by atoms with Crippen LogP contribution in [0.2, 0.25) is 0 Å². The van der Waals surface area contributed by atoms with Gasteiger partial charge in [0.05, 0.1) is 11.6 Å². The number of carbonyl (C=O) groups excluding carboxylic acids is 1. The standard InChI is InChI=1S/C24H25N3O3/c28-24(22-15-19(26-30-22)13-12-17-7-2-1-3-8-17)27-14-6-9-18(16-27)23-25-20-10-4-5-11-21(20)29-23/h1-5,7-8,10-11,18,22H,6,9,12-16H2/t18-,22-/m1/s1. The van der Waals surface area contributed by atoms with Gasteiger partial charge < -0.3 is 14.2 Å². The summed E-state index contributed by atoms with van der Waals surface area (Å²) in [4.78, 5) is 25.1. The molecule has 6 nitrogen and oxygen atoms in total. The van der Waals surface area contributed by atoms with E-state index in [-0.39, 0.29) is 11.8 Å². The Hall–Kier alpha value is -3.15. The molecule has 0 spiro atoms. The van der Waals surface area contributed by atoms with Crippen molar-refractivity contribution in [3.05, 3.63) is 66.1 Å². The molecule has 0 saturated carbocycles. The van der Waals surface area contributed by atoms with Crippen LogP contribution in [0.1, 0.15) is 43.1 Å². The Morgan fingerprint density at radius 2 is 1.90 bits per heavy atom. The van der Waals surface area contributed by atoms with Gasteiger partial charge in [-0.3, -0.25) is 4.79 Å². The molecular weight excluding hydrogens is 378 g/mol. The number of carbonyl (C=O) groups is 1. The Bertz CT molecular complexity index is 1030. The van der Waals surface area contributed by atoms with Crippen LogP contribution < -0.4 is 0 Å². The minimum Gasteiger partial charge on any atom is -0.440 e. The lowest BCUT2D eigenvalue weighted by Gasteiger charge is -2.32. The zero-order valence-corrected chi connectivity index (χ0v) is 16.9. The van der Waals surface area contributed by atoms with Crippen LogP contribution in [0.25, 0.3) is 11.1 Å². The maximum Gasteiger partial charge on any atom is 0.266 e. The van der Waals surface area contributed by atoms with Crippen molar-refractivity contribution >= 4 is 22.7 Å². The lowest BCUT2D eigenvalue weighted by Crippen LogP contribution is -2.44. The summed E-state index contributed by atoms with van der Waals surface area (Å²) < 4.78 is 5.95. The molecule has 2 aliphatic rings. The molecule has 154 valence electrons. The van der Waals surface area contributed by atoms with Gasteiger partial charge in [-0.05, 0) is 43.4 Å². The lowest BCUT2D eigenvalue weighted by atomic mass is 9.97. The number of aryl methyl sites for hydroxylation is 1. The van der Waals surface area contributed by atoms with Crippen molar-refractivity contribution in [3.8, 4) is 0 Å². The van der Waals surface area contributed by atoms with E-state index < -0.39 is 6.10 Å². The van der Waals surface area contributed by atoms with Gasteiger partial charge in [-0.25, -0.2) is 4.98 Å². The molecule has 2 aliphatic heterocycles. The number of likely N-dealkylation sites (tertiary alicyclic amines) is 1. The fraction of sp³-hybridized carbons (Fsp3) is 0.375. The molecule has 1 amide bonds. The van der Waals surface area contributed by atoms with Gasteiger partial charge in [-0.2, -0.15) is 0 Å². The Labute approximate surface area is 175 Å². The number of rotatable bonds is 5. The van der Waals surface area contributed by atoms with E-state index in [9.17, 15) is 4.79 Å². The van der Waals surface area contributed by atoms with Gasteiger partial charge in [0.1, 0.15) is 5.52 Å². The van der Waals surface area contributed by atoms with E-state index in [1.54, 1.807) is 0 Å². The van der Waals surface area contributed by atoms with Gasteiger partial charge in [0.2, 0.25) is 6.10 Å². The van der Waals surface area contributed by atoms with Crippen LogP contribution in [0, 0.1) is 0 Å². The largest absolute Gasteiger partial charge is 0.440 e. The summed E-state index contributed by atoms with van der Waals surface area (Å²) in [7, 11) is 0. The van der Waals surface area contributed by atoms with Crippen molar-refractivity contribution in [2.24, 2.45) is 5.16 Å².